The minimum absolute atomic E-state index is 0.0000410. The van der Waals surface area contributed by atoms with Crippen LogP contribution in [0.2, 0.25) is 0 Å². The molecule has 22 heavy (non-hydrogen) atoms. The van der Waals surface area contributed by atoms with E-state index in [1.54, 1.807) is 0 Å². The van der Waals surface area contributed by atoms with Crippen LogP contribution in [0, 0.1) is 0 Å². The molecule has 0 aromatic carbocycles. The minimum atomic E-state index is 0.0000410. The predicted molar refractivity (Wildman–Crippen MR) is 85.8 cm³/mol. The summed E-state index contributed by atoms with van der Waals surface area (Å²) < 4.78 is 0. The second-order valence-corrected chi connectivity index (χ2v) is 6.55. The molecule has 0 aliphatic carbocycles. The molecule has 126 valence electrons. The molecule has 7 nitrogen and oxygen atoms in total. The molecule has 2 saturated heterocycles. The number of hydrogen-bond donors (Lipinski definition) is 1. The molecule has 2 fully saturated rings. The maximum Gasteiger partial charge on any atom is 0.317 e. The highest BCUT2D eigenvalue weighted by molar-refractivity contribution is 5.78. The van der Waals surface area contributed by atoms with Gasteiger partial charge in [0.1, 0.15) is 0 Å². The molecular formula is C15H29N5O2. The number of nitrogens with zero attached hydrogens (tertiary/aromatic N) is 4. The number of amides is 3. The summed E-state index contributed by atoms with van der Waals surface area (Å²) in [5.74, 6) is 0.216. The summed E-state index contributed by atoms with van der Waals surface area (Å²) in [5.41, 5.74) is 0. The van der Waals surface area contributed by atoms with E-state index in [0.717, 1.165) is 39.3 Å². The zero-order valence-electron chi connectivity index (χ0n) is 14.0. The van der Waals surface area contributed by atoms with Gasteiger partial charge >= 0.3 is 6.03 Å². The van der Waals surface area contributed by atoms with E-state index in [0.29, 0.717) is 19.6 Å². The molecular weight excluding hydrogens is 282 g/mol. The number of hydrogen-bond acceptors (Lipinski definition) is 4. The summed E-state index contributed by atoms with van der Waals surface area (Å²) in [6.45, 7) is 10.9. The Morgan fingerprint density at radius 1 is 0.909 bits per heavy atom. The molecule has 0 aromatic rings. The standard InChI is InChI=1S/C15H29N5O2/c1-13(2)16-15(22)20-10-6-18(7-11-20)12-14(21)19-8-4-17(3)5-9-19/h13H,4-12H2,1-3H3,(H,16,22). The predicted octanol–water partition coefficient (Wildman–Crippen LogP) is -0.504. The number of urea groups is 1. The van der Waals surface area contributed by atoms with Crippen LogP contribution in [0.4, 0.5) is 4.79 Å². The number of piperazine rings is 2. The minimum Gasteiger partial charge on any atom is -0.339 e. The van der Waals surface area contributed by atoms with E-state index in [2.05, 4.69) is 22.2 Å². The van der Waals surface area contributed by atoms with Gasteiger partial charge in [0.15, 0.2) is 0 Å². The van der Waals surface area contributed by atoms with E-state index in [1.165, 1.54) is 0 Å². The lowest BCUT2D eigenvalue weighted by molar-refractivity contribution is -0.134. The van der Waals surface area contributed by atoms with E-state index >= 15 is 0 Å². The maximum atomic E-state index is 12.3. The fourth-order valence-electron chi connectivity index (χ4n) is 2.79. The smallest absolute Gasteiger partial charge is 0.317 e. The van der Waals surface area contributed by atoms with Crippen LogP contribution >= 0.6 is 0 Å². The number of likely N-dealkylation sites (N-methyl/N-ethyl adjacent to an activating group) is 1. The highest BCUT2D eigenvalue weighted by atomic mass is 16.2. The van der Waals surface area contributed by atoms with Gasteiger partial charge in [0.2, 0.25) is 5.91 Å². The van der Waals surface area contributed by atoms with Crippen LogP contribution < -0.4 is 5.32 Å². The van der Waals surface area contributed by atoms with Gasteiger partial charge < -0.3 is 20.0 Å². The number of rotatable bonds is 3. The first-order valence-corrected chi connectivity index (χ1v) is 8.20. The topological polar surface area (TPSA) is 59.1 Å². The van der Waals surface area contributed by atoms with E-state index in [-0.39, 0.29) is 18.0 Å². The summed E-state index contributed by atoms with van der Waals surface area (Å²) in [6.07, 6.45) is 0. The molecule has 1 N–H and O–H groups in total. The second-order valence-electron chi connectivity index (χ2n) is 6.55. The molecule has 0 unspecified atom stereocenters. The third-order valence-electron chi connectivity index (χ3n) is 4.29. The van der Waals surface area contributed by atoms with Gasteiger partial charge in [-0.15, -0.1) is 0 Å². The Morgan fingerprint density at radius 3 is 2.00 bits per heavy atom. The van der Waals surface area contributed by atoms with E-state index in [1.807, 2.05) is 23.6 Å². The van der Waals surface area contributed by atoms with Crippen molar-refractivity contribution in [3.8, 4) is 0 Å². The van der Waals surface area contributed by atoms with Crippen LogP contribution in [0.25, 0.3) is 0 Å². The molecule has 2 aliphatic rings. The highest BCUT2D eigenvalue weighted by Crippen LogP contribution is 2.05. The summed E-state index contributed by atoms with van der Waals surface area (Å²) in [6, 6.07) is 0.157. The van der Waals surface area contributed by atoms with Crippen molar-refractivity contribution in [2.75, 3.05) is 66.0 Å². The summed E-state index contributed by atoms with van der Waals surface area (Å²) >= 11 is 0. The van der Waals surface area contributed by atoms with Crippen molar-refractivity contribution in [3.63, 3.8) is 0 Å². The Kier molecular flexibility index (Phi) is 6.02. The van der Waals surface area contributed by atoms with Gasteiger partial charge in [-0.2, -0.15) is 0 Å². The number of nitrogens with one attached hydrogen (secondary N) is 1. The van der Waals surface area contributed by atoms with Crippen LogP contribution in [0.3, 0.4) is 0 Å². The SMILES string of the molecule is CC(C)NC(=O)N1CCN(CC(=O)N2CCN(C)CC2)CC1. The van der Waals surface area contributed by atoms with Gasteiger partial charge in [-0.25, -0.2) is 4.79 Å². The van der Waals surface area contributed by atoms with Crippen molar-refractivity contribution in [1.29, 1.82) is 0 Å². The third-order valence-corrected chi connectivity index (χ3v) is 4.29. The monoisotopic (exact) mass is 311 g/mol. The first-order chi connectivity index (χ1) is 10.5. The van der Waals surface area contributed by atoms with Gasteiger partial charge in [-0.3, -0.25) is 9.69 Å². The normalized spacial score (nSPS) is 21.3. The molecule has 2 rings (SSSR count). The maximum absolute atomic E-state index is 12.3. The molecule has 0 aromatic heterocycles. The zero-order chi connectivity index (χ0) is 16.1. The Morgan fingerprint density at radius 2 is 1.45 bits per heavy atom. The number of carbonyl (C=O) groups excluding carboxylic acids is 2. The van der Waals surface area contributed by atoms with Crippen LogP contribution in [0.1, 0.15) is 13.8 Å². The lowest BCUT2D eigenvalue weighted by Gasteiger charge is -2.37. The van der Waals surface area contributed by atoms with Crippen molar-refractivity contribution in [3.05, 3.63) is 0 Å². The van der Waals surface area contributed by atoms with Crippen LogP contribution in [-0.4, -0.2) is 104 Å². The molecule has 2 aliphatic heterocycles. The summed E-state index contributed by atoms with van der Waals surface area (Å²) in [7, 11) is 2.09. The summed E-state index contributed by atoms with van der Waals surface area (Å²) in [5, 5.41) is 2.91. The van der Waals surface area contributed by atoms with Crippen LogP contribution in [0.5, 0.6) is 0 Å². The van der Waals surface area contributed by atoms with Crippen molar-refractivity contribution in [1.82, 2.24) is 24.9 Å². The molecule has 0 atom stereocenters. The van der Waals surface area contributed by atoms with Gasteiger partial charge in [-0.05, 0) is 20.9 Å². The Hall–Kier alpha value is -1.34. The number of carbonyl (C=O) groups is 2. The molecule has 3 amide bonds. The Bertz CT molecular complexity index is 385. The summed E-state index contributed by atoms with van der Waals surface area (Å²) in [4.78, 5) is 32.4. The molecule has 0 saturated carbocycles. The largest absolute Gasteiger partial charge is 0.339 e. The average molecular weight is 311 g/mol. The van der Waals surface area contributed by atoms with Gasteiger partial charge in [0.25, 0.3) is 0 Å². The highest BCUT2D eigenvalue weighted by Gasteiger charge is 2.25. The second kappa shape index (κ2) is 7.78. The fourth-order valence-corrected chi connectivity index (χ4v) is 2.79. The molecule has 2 heterocycles. The molecule has 0 bridgehead atoms. The molecule has 7 heteroatoms. The lowest BCUT2D eigenvalue weighted by atomic mass is 10.3. The van der Waals surface area contributed by atoms with Crippen molar-refractivity contribution < 1.29 is 9.59 Å². The van der Waals surface area contributed by atoms with Crippen LogP contribution in [0.15, 0.2) is 0 Å². The van der Waals surface area contributed by atoms with Gasteiger partial charge in [0, 0.05) is 58.4 Å². The molecule has 0 spiro atoms. The van der Waals surface area contributed by atoms with Crippen molar-refractivity contribution in [2.24, 2.45) is 0 Å². The first-order valence-electron chi connectivity index (χ1n) is 8.20. The van der Waals surface area contributed by atoms with Crippen LogP contribution in [-0.2, 0) is 4.79 Å². The van der Waals surface area contributed by atoms with E-state index in [9.17, 15) is 9.59 Å². The Balaban J connectivity index is 1.71. The lowest BCUT2D eigenvalue weighted by Crippen LogP contribution is -2.55. The van der Waals surface area contributed by atoms with E-state index in [4.69, 9.17) is 0 Å². The van der Waals surface area contributed by atoms with Gasteiger partial charge in [-0.1, -0.05) is 0 Å². The average Bonchev–Trinajstić information content (AvgIpc) is 2.48. The quantitative estimate of drug-likeness (QED) is 0.763. The van der Waals surface area contributed by atoms with E-state index < -0.39 is 0 Å². The zero-order valence-corrected chi connectivity index (χ0v) is 14.0. The van der Waals surface area contributed by atoms with Crippen molar-refractivity contribution in [2.45, 2.75) is 19.9 Å². The Labute approximate surface area is 133 Å². The van der Waals surface area contributed by atoms with Crippen molar-refractivity contribution >= 4 is 11.9 Å². The fraction of sp³-hybridized carbons (Fsp3) is 0.867. The first kappa shape index (κ1) is 17.0. The van der Waals surface area contributed by atoms with Gasteiger partial charge in [0.05, 0.1) is 6.54 Å². The molecule has 0 radical (unpaired) electrons. The third kappa shape index (κ3) is 4.84.